The summed E-state index contributed by atoms with van der Waals surface area (Å²) in [4.78, 5) is 13.3. The molecule has 2 aromatic heterocycles. The number of benzene rings is 1. The maximum absolute atomic E-state index is 4.68. The third-order valence-electron chi connectivity index (χ3n) is 4.00. The number of aliphatic imine (C=N–C) groups is 2. The van der Waals surface area contributed by atoms with Gasteiger partial charge in [-0.1, -0.05) is 18.2 Å². The maximum Gasteiger partial charge on any atom is 0.225 e. The average molecular weight is 318 g/mol. The minimum Gasteiger partial charge on any atom is -0.313 e. The zero-order chi connectivity index (χ0) is 16.2. The van der Waals surface area contributed by atoms with E-state index in [1.165, 1.54) is 5.56 Å². The molecular weight excluding hydrogens is 300 g/mol. The maximum atomic E-state index is 4.68. The molecule has 0 saturated carbocycles. The van der Waals surface area contributed by atoms with Gasteiger partial charge in [-0.05, 0) is 30.2 Å². The van der Waals surface area contributed by atoms with Crippen molar-refractivity contribution in [2.75, 3.05) is 13.1 Å². The summed E-state index contributed by atoms with van der Waals surface area (Å²) >= 11 is 0. The molecular formula is C18H18N6. The van der Waals surface area contributed by atoms with Gasteiger partial charge in [-0.3, -0.25) is 15.0 Å². The molecule has 0 aliphatic carbocycles. The Labute approximate surface area is 140 Å². The Balaban J connectivity index is 1.47. The minimum absolute atomic E-state index is 0.727. The van der Waals surface area contributed by atoms with Gasteiger partial charge in [0.15, 0.2) is 0 Å². The molecule has 120 valence electrons. The molecule has 0 amide bonds. The van der Waals surface area contributed by atoms with E-state index in [1.54, 1.807) is 0 Å². The Morgan fingerprint density at radius 1 is 1.12 bits per heavy atom. The van der Waals surface area contributed by atoms with Crippen LogP contribution in [-0.2, 0) is 6.42 Å². The van der Waals surface area contributed by atoms with E-state index in [4.69, 9.17) is 0 Å². The van der Waals surface area contributed by atoms with Crippen LogP contribution in [0.3, 0.4) is 0 Å². The molecule has 1 aliphatic rings. The lowest BCUT2D eigenvalue weighted by molar-refractivity contribution is 0.848. The number of nitrogens with zero attached hydrogens (tertiary/aromatic N) is 5. The molecule has 0 fully saturated rings. The minimum atomic E-state index is 0.727. The zero-order valence-corrected chi connectivity index (χ0v) is 13.3. The summed E-state index contributed by atoms with van der Waals surface area (Å²) in [6, 6.07) is 12.2. The van der Waals surface area contributed by atoms with Gasteiger partial charge in [-0.25, -0.2) is 4.68 Å². The molecule has 6 nitrogen and oxygen atoms in total. The average Bonchev–Trinajstić information content (AvgIpc) is 3.07. The van der Waals surface area contributed by atoms with E-state index < -0.39 is 0 Å². The monoisotopic (exact) mass is 318 g/mol. The molecule has 1 aromatic carbocycles. The number of rotatable bonds is 3. The second-order valence-electron chi connectivity index (χ2n) is 5.63. The SMILES string of the molecule is c1ccc2c(c1)cnn2C1=NCCC(=NCCc2ccncc2)N1. The highest BCUT2D eigenvalue weighted by Crippen LogP contribution is 2.13. The van der Waals surface area contributed by atoms with E-state index in [9.17, 15) is 0 Å². The molecule has 24 heavy (non-hydrogen) atoms. The van der Waals surface area contributed by atoms with Crippen LogP contribution in [0.5, 0.6) is 0 Å². The van der Waals surface area contributed by atoms with Crippen LogP contribution >= 0.6 is 0 Å². The van der Waals surface area contributed by atoms with Crippen LogP contribution in [0.4, 0.5) is 0 Å². The van der Waals surface area contributed by atoms with Crippen LogP contribution in [0.1, 0.15) is 12.0 Å². The van der Waals surface area contributed by atoms with Crippen LogP contribution in [0.25, 0.3) is 10.9 Å². The molecule has 3 heterocycles. The molecule has 0 atom stereocenters. The second kappa shape index (κ2) is 6.62. The first-order valence-corrected chi connectivity index (χ1v) is 8.07. The van der Waals surface area contributed by atoms with Gasteiger partial charge in [0.2, 0.25) is 5.96 Å². The molecule has 4 rings (SSSR count). The largest absolute Gasteiger partial charge is 0.313 e. The molecule has 0 radical (unpaired) electrons. The Morgan fingerprint density at radius 2 is 2.00 bits per heavy atom. The lowest BCUT2D eigenvalue weighted by Crippen LogP contribution is -2.40. The van der Waals surface area contributed by atoms with Crippen molar-refractivity contribution in [2.45, 2.75) is 12.8 Å². The number of para-hydroxylation sites is 1. The first-order chi connectivity index (χ1) is 11.9. The van der Waals surface area contributed by atoms with Gasteiger partial charge in [0.05, 0.1) is 11.7 Å². The number of pyridine rings is 1. The quantitative estimate of drug-likeness (QED) is 0.805. The fraction of sp³-hybridized carbons (Fsp3) is 0.222. The van der Waals surface area contributed by atoms with Crippen LogP contribution in [0, 0.1) is 0 Å². The molecule has 0 bridgehead atoms. The first kappa shape index (κ1) is 14.6. The summed E-state index contributed by atoms with van der Waals surface area (Å²) < 4.78 is 1.84. The lowest BCUT2D eigenvalue weighted by Gasteiger charge is -2.17. The van der Waals surface area contributed by atoms with E-state index >= 15 is 0 Å². The van der Waals surface area contributed by atoms with Crippen molar-refractivity contribution in [3.05, 3.63) is 60.6 Å². The van der Waals surface area contributed by atoms with Crippen molar-refractivity contribution in [2.24, 2.45) is 9.98 Å². The number of nitrogens with one attached hydrogen (secondary N) is 1. The van der Waals surface area contributed by atoms with E-state index in [-0.39, 0.29) is 0 Å². The van der Waals surface area contributed by atoms with Crippen LogP contribution in [-0.4, -0.2) is 39.6 Å². The summed E-state index contributed by atoms with van der Waals surface area (Å²) in [5.74, 6) is 1.71. The number of aromatic nitrogens is 3. The van der Waals surface area contributed by atoms with Crippen molar-refractivity contribution in [1.29, 1.82) is 0 Å². The van der Waals surface area contributed by atoms with Crippen molar-refractivity contribution >= 4 is 22.7 Å². The van der Waals surface area contributed by atoms with E-state index in [2.05, 4.69) is 25.4 Å². The highest BCUT2D eigenvalue weighted by Gasteiger charge is 2.14. The van der Waals surface area contributed by atoms with Crippen LogP contribution in [0.15, 0.2) is 65.0 Å². The molecule has 0 spiro atoms. The number of hydrogen-bond donors (Lipinski definition) is 1. The summed E-state index contributed by atoms with van der Waals surface area (Å²) in [5, 5.41) is 8.87. The Bertz CT molecular complexity index is 894. The summed E-state index contributed by atoms with van der Waals surface area (Å²) in [6.07, 6.45) is 7.22. The summed E-state index contributed by atoms with van der Waals surface area (Å²) in [7, 11) is 0. The highest BCUT2D eigenvalue weighted by molar-refractivity contribution is 6.04. The highest BCUT2D eigenvalue weighted by atomic mass is 15.4. The zero-order valence-electron chi connectivity index (χ0n) is 13.3. The number of hydrogen-bond acceptors (Lipinski definition) is 4. The number of fused-ring (bicyclic) bond motifs is 1. The van der Waals surface area contributed by atoms with Gasteiger partial charge in [0, 0.05) is 37.3 Å². The topological polar surface area (TPSA) is 67.5 Å². The predicted octanol–water partition coefficient (Wildman–Crippen LogP) is 2.27. The Kier molecular flexibility index (Phi) is 4.02. The molecule has 1 N–H and O–H groups in total. The molecule has 3 aromatic rings. The summed E-state index contributed by atoms with van der Waals surface area (Å²) in [5.41, 5.74) is 2.29. The summed E-state index contributed by atoms with van der Waals surface area (Å²) in [6.45, 7) is 1.48. The third-order valence-corrected chi connectivity index (χ3v) is 4.00. The number of amidine groups is 1. The van der Waals surface area contributed by atoms with E-state index in [0.717, 1.165) is 48.6 Å². The van der Waals surface area contributed by atoms with Gasteiger partial charge < -0.3 is 5.32 Å². The molecule has 6 heteroatoms. The van der Waals surface area contributed by atoms with Crippen molar-refractivity contribution in [3.8, 4) is 0 Å². The molecule has 1 aliphatic heterocycles. The normalized spacial score (nSPS) is 16.2. The van der Waals surface area contributed by atoms with Gasteiger partial charge in [-0.2, -0.15) is 5.10 Å². The smallest absolute Gasteiger partial charge is 0.225 e. The first-order valence-electron chi connectivity index (χ1n) is 8.07. The fourth-order valence-electron chi connectivity index (χ4n) is 2.75. The van der Waals surface area contributed by atoms with Crippen LogP contribution < -0.4 is 5.32 Å². The van der Waals surface area contributed by atoms with Gasteiger partial charge in [-0.15, -0.1) is 0 Å². The van der Waals surface area contributed by atoms with Crippen molar-refractivity contribution in [3.63, 3.8) is 0 Å². The van der Waals surface area contributed by atoms with Gasteiger partial charge in [0.1, 0.15) is 5.84 Å². The second-order valence-corrected chi connectivity index (χ2v) is 5.63. The Hall–Kier alpha value is -3.02. The third kappa shape index (κ3) is 3.03. The van der Waals surface area contributed by atoms with Crippen molar-refractivity contribution in [1.82, 2.24) is 20.1 Å². The lowest BCUT2D eigenvalue weighted by atomic mass is 10.2. The van der Waals surface area contributed by atoms with Crippen LogP contribution in [0.2, 0.25) is 0 Å². The fourth-order valence-corrected chi connectivity index (χ4v) is 2.75. The molecule has 0 saturated heterocycles. The van der Waals surface area contributed by atoms with E-state index in [0.29, 0.717) is 0 Å². The van der Waals surface area contributed by atoms with Gasteiger partial charge in [0.25, 0.3) is 0 Å². The molecule has 0 unspecified atom stereocenters. The predicted molar refractivity (Wildman–Crippen MR) is 95.4 cm³/mol. The van der Waals surface area contributed by atoms with Gasteiger partial charge >= 0.3 is 0 Å². The Morgan fingerprint density at radius 3 is 2.92 bits per heavy atom. The standard InChI is InChI=1S/C18H18N6/c1-2-4-16-15(3-1)13-22-24(16)18-21-12-8-17(23-18)20-11-7-14-5-9-19-10-6-14/h1-6,9-10,13H,7-8,11-12H2,(H,20,21,23). The van der Waals surface area contributed by atoms with Crippen molar-refractivity contribution < 1.29 is 0 Å². The van der Waals surface area contributed by atoms with E-state index in [1.807, 2.05) is 59.7 Å².